The Bertz CT molecular complexity index is 62.8. The van der Waals surface area contributed by atoms with Crippen molar-refractivity contribution >= 4 is 25.3 Å². The molecule has 0 aliphatic carbocycles. The number of hydrogen-bond acceptors (Lipinski definition) is 1. The van der Waals surface area contributed by atoms with Gasteiger partial charge < -0.3 is 4.79 Å². The molecular formula is C2AgF3IO-. The Balaban J connectivity index is 0. The van der Waals surface area contributed by atoms with Crippen LogP contribution in [0.25, 0.3) is 0 Å². The third kappa shape index (κ3) is 15.8. The maximum absolute atomic E-state index is 10.4. The quantitative estimate of drug-likeness (QED) is 0.374. The molecule has 1 nitrogen and oxygen atoms in total. The molecule has 0 aromatic rings. The van der Waals surface area contributed by atoms with Crippen molar-refractivity contribution in [3.05, 3.63) is 0 Å². The summed E-state index contributed by atoms with van der Waals surface area (Å²) in [5.74, 6) is 0. The third-order valence-corrected chi connectivity index (χ3v) is 0.116. The zero-order valence-corrected chi connectivity index (χ0v) is 6.86. The van der Waals surface area contributed by atoms with E-state index in [2.05, 4.69) is 17.3 Å². The molecule has 0 saturated carbocycles. The van der Waals surface area contributed by atoms with Crippen LogP contribution in [-0.2, 0) is 22.0 Å². The van der Waals surface area contributed by atoms with Gasteiger partial charge in [0, 0.05) is 0 Å². The van der Waals surface area contributed by atoms with Gasteiger partial charge in [-0.25, -0.2) is 13.2 Å². The zero-order chi connectivity index (χ0) is 7.21. The van der Waals surface area contributed by atoms with E-state index in [1.165, 1.54) is 0 Å². The average molecular weight is 332 g/mol. The van der Waals surface area contributed by atoms with Gasteiger partial charge in [-0.3, -0.25) is 0 Å². The van der Waals surface area contributed by atoms with Gasteiger partial charge in [0.2, 0.25) is 0 Å². The molecule has 0 aromatic heterocycles. The van der Waals surface area contributed by atoms with E-state index in [9.17, 15) is 13.2 Å². The van der Waals surface area contributed by atoms with Crippen molar-refractivity contribution in [2.75, 3.05) is 0 Å². The number of rotatable bonds is 0. The summed E-state index contributed by atoms with van der Waals surface area (Å²) in [6.07, 6.45) is -4.91. The van der Waals surface area contributed by atoms with Crippen molar-refractivity contribution in [3.63, 3.8) is 0 Å². The first-order valence-electron chi connectivity index (χ1n) is 1.14. The molecule has 0 N–H and O–H groups in total. The zero-order valence-electron chi connectivity index (χ0n) is 3.22. The van der Waals surface area contributed by atoms with Gasteiger partial charge in [0.25, 0.3) is 6.18 Å². The molecule has 0 atom stereocenters. The van der Waals surface area contributed by atoms with E-state index < -0.39 is 6.18 Å². The van der Waals surface area contributed by atoms with Crippen LogP contribution in [0.3, 0.4) is 0 Å². The van der Waals surface area contributed by atoms with Crippen molar-refractivity contribution in [1.82, 2.24) is 0 Å². The fourth-order valence-corrected chi connectivity index (χ4v) is 0. The van der Waals surface area contributed by atoms with Crippen molar-refractivity contribution in [1.29, 1.82) is 0 Å². The van der Waals surface area contributed by atoms with Crippen LogP contribution < -0.4 is 0 Å². The Kier molecular flexibility index (Phi) is 8.85. The van der Waals surface area contributed by atoms with E-state index >= 15 is 0 Å². The van der Waals surface area contributed by atoms with Gasteiger partial charge in [0.15, 0.2) is 0 Å². The van der Waals surface area contributed by atoms with Crippen LogP contribution in [0.1, 0.15) is 0 Å². The first-order valence-corrected chi connectivity index (χ1v) is 5.54. The van der Waals surface area contributed by atoms with Crippen molar-refractivity contribution in [2.45, 2.75) is 6.18 Å². The molecule has 0 aliphatic rings. The van der Waals surface area contributed by atoms with E-state index in [0.29, 0.717) is 0 Å². The van der Waals surface area contributed by atoms with Crippen LogP contribution >= 0.6 is 19.0 Å². The van der Waals surface area contributed by atoms with Crippen LogP contribution in [0.5, 0.6) is 0 Å². The number of carbonyl (C=O) groups excluding carboxylic acids is 1. The Morgan fingerprint density at radius 2 is 1.50 bits per heavy atom. The second-order valence-electron chi connectivity index (χ2n) is 0.600. The number of hydrogen-bond donors (Lipinski definition) is 0. The SMILES string of the molecule is O=[C-]C(F)(F)F.[Ag][I]. The summed E-state index contributed by atoms with van der Waals surface area (Å²) in [4.78, 5) is 8.58. The fourth-order valence-electron chi connectivity index (χ4n) is 0. The van der Waals surface area contributed by atoms with Gasteiger partial charge in [-0.2, -0.15) is 6.29 Å². The van der Waals surface area contributed by atoms with Crippen molar-refractivity contribution in [2.24, 2.45) is 0 Å². The van der Waals surface area contributed by atoms with Crippen molar-refractivity contribution < 1.29 is 35.2 Å². The third-order valence-electron chi connectivity index (χ3n) is 0.116. The van der Waals surface area contributed by atoms with Gasteiger partial charge in [0.1, 0.15) is 0 Å². The van der Waals surface area contributed by atoms with Crippen LogP contribution in [0.4, 0.5) is 13.2 Å². The minimum absolute atomic E-state index is 0.146. The predicted octanol–water partition coefficient (Wildman–Crippen LogP) is 1.54. The summed E-state index contributed by atoms with van der Waals surface area (Å²) >= 11 is 4.88. The average Bonchev–Trinajstić information content (AvgIpc) is 1.71. The molecule has 0 spiro atoms. The minimum atomic E-state index is -4.76. The molecule has 0 rings (SSSR count). The molecule has 0 fully saturated rings. The molecule has 0 heterocycles. The Morgan fingerprint density at radius 3 is 1.50 bits per heavy atom. The van der Waals surface area contributed by atoms with Gasteiger partial charge >= 0.3 is 36.3 Å². The molecular weight excluding hydrogens is 332 g/mol. The summed E-state index contributed by atoms with van der Waals surface area (Å²) in [6, 6.07) is 0. The molecule has 0 bridgehead atoms. The maximum atomic E-state index is 10.4. The van der Waals surface area contributed by atoms with Gasteiger partial charge in [-0.15, -0.1) is 0 Å². The summed E-state index contributed by atoms with van der Waals surface area (Å²) in [5, 5.41) is 0. The molecule has 6 heteroatoms. The van der Waals surface area contributed by atoms with Crippen LogP contribution in [0.15, 0.2) is 0 Å². The molecule has 0 saturated heterocycles. The molecule has 0 radical (unpaired) electrons. The second kappa shape index (κ2) is 6.06. The topological polar surface area (TPSA) is 17.1 Å². The molecule has 0 unspecified atom stereocenters. The summed E-state index contributed by atoms with van der Waals surface area (Å²) in [5.41, 5.74) is 0. The van der Waals surface area contributed by atoms with Crippen molar-refractivity contribution in [3.8, 4) is 0 Å². The van der Waals surface area contributed by atoms with Crippen LogP contribution in [0.2, 0.25) is 0 Å². The molecule has 0 aliphatic heterocycles. The fraction of sp³-hybridized carbons (Fsp3) is 0.500. The van der Waals surface area contributed by atoms with Crippen LogP contribution in [-0.4, -0.2) is 12.5 Å². The van der Waals surface area contributed by atoms with E-state index in [-0.39, 0.29) is 6.29 Å². The molecule has 54 valence electrons. The van der Waals surface area contributed by atoms with Gasteiger partial charge in [-0.05, 0) is 0 Å². The number of halogens is 4. The van der Waals surface area contributed by atoms with E-state index in [1.807, 2.05) is 19.0 Å². The summed E-state index contributed by atoms with van der Waals surface area (Å²) in [7, 11) is 0. The Labute approximate surface area is 66.5 Å². The van der Waals surface area contributed by atoms with E-state index in [1.54, 1.807) is 0 Å². The predicted molar refractivity (Wildman–Crippen MR) is 25.8 cm³/mol. The van der Waals surface area contributed by atoms with Gasteiger partial charge in [0.05, 0.1) is 0 Å². The second-order valence-corrected chi connectivity index (χ2v) is 0.600. The molecule has 8 heavy (non-hydrogen) atoms. The Hall–Kier alpha value is 0.930. The first-order chi connectivity index (χ1) is 3.56. The standard InChI is InChI=1S/C2F3O.Ag.HI/c3-2(4,5)1-6;;/h;;1H/q-1;+1;/p-1. The summed E-state index contributed by atoms with van der Waals surface area (Å²) < 4.78 is 31.1. The van der Waals surface area contributed by atoms with E-state index in [4.69, 9.17) is 4.79 Å². The van der Waals surface area contributed by atoms with Gasteiger partial charge in [-0.1, -0.05) is 0 Å². The first kappa shape index (κ1) is 11.7. The summed E-state index contributed by atoms with van der Waals surface area (Å²) in [6.45, 7) is 0. The molecule has 0 amide bonds. The monoisotopic (exact) mass is 331 g/mol. The Morgan fingerprint density at radius 1 is 1.38 bits per heavy atom. The van der Waals surface area contributed by atoms with Crippen LogP contribution in [0, 0.1) is 0 Å². The van der Waals surface area contributed by atoms with E-state index in [0.717, 1.165) is 0 Å². The normalized spacial score (nSPS) is 9.25. The molecule has 0 aromatic carbocycles. The number of alkyl halides is 3.